The normalized spacial score (nSPS) is 11.6. The van der Waals surface area contributed by atoms with Gasteiger partial charge >= 0.3 is 169 Å². The summed E-state index contributed by atoms with van der Waals surface area (Å²) in [5.74, 6) is 0. The van der Waals surface area contributed by atoms with E-state index in [0.717, 1.165) is 0 Å². The number of rotatable bonds is 4. The fourth-order valence-corrected chi connectivity index (χ4v) is 14.2. The Bertz CT molecular complexity index is 1100. The summed E-state index contributed by atoms with van der Waals surface area (Å²) in [6.45, 7) is 0. The van der Waals surface area contributed by atoms with Gasteiger partial charge in [0, 0.05) is 0 Å². The third-order valence-electron chi connectivity index (χ3n) is 5.54. The number of para-hydroxylation sites is 1. The van der Waals surface area contributed by atoms with Crippen LogP contribution in [0.5, 0.6) is 0 Å². The van der Waals surface area contributed by atoms with Gasteiger partial charge < -0.3 is 0 Å². The molecule has 0 fully saturated rings. The molecular weight excluding hydrogens is 399 g/mol. The van der Waals surface area contributed by atoms with E-state index >= 15 is 0 Å². The van der Waals surface area contributed by atoms with Crippen molar-refractivity contribution in [1.29, 1.82) is 0 Å². The zero-order valence-electron chi connectivity index (χ0n) is 15.6. The molecule has 0 aliphatic carbocycles. The summed E-state index contributed by atoms with van der Waals surface area (Å²) < 4.78 is 6.90. The van der Waals surface area contributed by atoms with Gasteiger partial charge in [-0.05, 0) is 0 Å². The van der Waals surface area contributed by atoms with Crippen LogP contribution in [0.1, 0.15) is 0 Å². The Hall–Kier alpha value is -3.04. The standard InChI is InChI=1S/C26H21GeN/c1-4-13-23(14-5-1)27(24-15-6-2-7-16-24,25-17-8-3-9-18-25)28-21-20-22-12-10-11-19-26(22)28/h1-21H. The average Bonchev–Trinajstić information content (AvgIpc) is 3.21. The summed E-state index contributed by atoms with van der Waals surface area (Å²) in [6.07, 6.45) is 2.30. The van der Waals surface area contributed by atoms with Crippen LogP contribution < -0.4 is 13.2 Å². The van der Waals surface area contributed by atoms with Crippen LogP contribution in [0.2, 0.25) is 0 Å². The van der Waals surface area contributed by atoms with Gasteiger partial charge in [0.25, 0.3) is 0 Å². The number of hydrogen-bond donors (Lipinski definition) is 0. The molecule has 1 aromatic heterocycles. The van der Waals surface area contributed by atoms with E-state index in [4.69, 9.17) is 0 Å². The van der Waals surface area contributed by atoms with E-state index in [9.17, 15) is 0 Å². The Morgan fingerprint density at radius 1 is 0.429 bits per heavy atom. The molecule has 1 nitrogen and oxygen atoms in total. The molecule has 0 bridgehead atoms. The molecule has 1 heterocycles. The van der Waals surface area contributed by atoms with Crippen LogP contribution in [0, 0.1) is 0 Å². The zero-order valence-corrected chi connectivity index (χ0v) is 17.7. The summed E-state index contributed by atoms with van der Waals surface area (Å²) >= 11 is -3.21. The number of fused-ring (bicyclic) bond motifs is 1. The molecule has 5 rings (SSSR count). The van der Waals surface area contributed by atoms with E-state index in [-0.39, 0.29) is 0 Å². The van der Waals surface area contributed by atoms with Crippen molar-refractivity contribution in [3.05, 3.63) is 128 Å². The third kappa shape index (κ3) is 2.62. The van der Waals surface area contributed by atoms with Crippen molar-refractivity contribution in [2.45, 2.75) is 0 Å². The van der Waals surface area contributed by atoms with Gasteiger partial charge in [0.1, 0.15) is 0 Å². The molecule has 0 atom stereocenters. The molecule has 0 unspecified atom stereocenters. The Balaban J connectivity index is 1.96. The van der Waals surface area contributed by atoms with E-state index in [1.165, 1.54) is 24.1 Å². The third-order valence-corrected chi connectivity index (χ3v) is 15.2. The topological polar surface area (TPSA) is 4.93 Å². The van der Waals surface area contributed by atoms with Crippen LogP contribution in [0.3, 0.4) is 0 Å². The van der Waals surface area contributed by atoms with Crippen LogP contribution in [0.15, 0.2) is 128 Å². The SMILES string of the molecule is c1cc[c]([Ge]([c]2ccccc2)([c]2ccccc2)[n]2ccc3ccccc32)cc1. The second-order valence-corrected chi connectivity index (χ2v) is 14.7. The fraction of sp³-hybridized carbons (Fsp3) is 0. The van der Waals surface area contributed by atoms with Crippen LogP contribution in [0.4, 0.5) is 0 Å². The Labute approximate surface area is 168 Å². The van der Waals surface area contributed by atoms with E-state index in [0.29, 0.717) is 0 Å². The van der Waals surface area contributed by atoms with Gasteiger partial charge in [-0.3, -0.25) is 0 Å². The summed E-state index contributed by atoms with van der Waals surface area (Å²) in [7, 11) is 0. The summed E-state index contributed by atoms with van der Waals surface area (Å²) in [6, 6.07) is 44.2. The first kappa shape index (κ1) is 17.1. The van der Waals surface area contributed by atoms with Crippen LogP contribution in [0.25, 0.3) is 10.9 Å². The number of benzene rings is 4. The Kier molecular flexibility index (Phi) is 4.38. The van der Waals surface area contributed by atoms with E-state index < -0.39 is 13.5 Å². The van der Waals surface area contributed by atoms with Crippen LogP contribution in [-0.2, 0) is 0 Å². The maximum absolute atomic E-state index is 3.21. The molecule has 5 aromatic rings. The molecule has 28 heavy (non-hydrogen) atoms. The van der Waals surface area contributed by atoms with Gasteiger partial charge in [0.05, 0.1) is 0 Å². The average molecular weight is 420 g/mol. The summed E-state index contributed by atoms with van der Waals surface area (Å²) in [4.78, 5) is 0. The molecule has 4 aromatic carbocycles. The van der Waals surface area contributed by atoms with Gasteiger partial charge in [-0.1, -0.05) is 0 Å². The zero-order chi connectivity index (χ0) is 18.8. The summed E-state index contributed by atoms with van der Waals surface area (Å²) in [5, 5.41) is 1.29. The first-order valence-corrected chi connectivity index (χ1v) is 13.7. The van der Waals surface area contributed by atoms with Crippen LogP contribution >= 0.6 is 0 Å². The van der Waals surface area contributed by atoms with Gasteiger partial charge in [0.2, 0.25) is 0 Å². The van der Waals surface area contributed by atoms with E-state index in [1.807, 2.05) is 0 Å². The minimum atomic E-state index is -3.21. The first-order chi connectivity index (χ1) is 13.9. The first-order valence-electron chi connectivity index (χ1n) is 9.64. The van der Waals surface area contributed by atoms with Crippen molar-refractivity contribution in [3.8, 4) is 0 Å². The van der Waals surface area contributed by atoms with Crippen molar-refractivity contribution in [2.75, 3.05) is 0 Å². The number of hydrogen-bond acceptors (Lipinski definition) is 0. The Morgan fingerprint density at radius 3 is 1.36 bits per heavy atom. The maximum atomic E-state index is 2.61. The molecule has 0 saturated heterocycles. The molecule has 0 N–H and O–H groups in total. The molecule has 0 saturated carbocycles. The molecule has 0 spiro atoms. The molecule has 0 aliphatic heterocycles. The van der Waals surface area contributed by atoms with Gasteiger partial charge in [0.15, 0.2) is 0 Å². The minimum absolute atomic E-state index is 1.29. The van der Waals surface area contributed by atoms with Gasteiger partial charge in [-0.15, -0.1) is 0 Å². The van der Waals surface area contributed by atoms with Crippen molar-refractivity contribution in [3.63, 3.8) is 0 Å². The second-order valence-electron chi connectivity index (χ2n) is 7.05. The fourth-order valence-electron chi connectivity index (χ4n) is 4.33. The predicted octanol–water partition coefficient (Wildman–Crippen LogP) is 4.16. The summed E-state index contributed by atoms with van der Waals surface area (Å²) in [5.41, 5.74) is 1.30. The van der Waals surface area contributed by atoms with Crippen molar-refractivity contribution in [1.82, 2.24) is 3.52 Å². The van der Waals surface area contributed by atoms with Crippen LogP contribution in [-0.4, -0.2) is 17.0 Å². The van der Waals surface area contributed by atoms with Gasteiger partial charge in [-0.25, -0.2) is 0 Å². The van der Waals surface area contributed by atoms with Crippen molar-refractivity contribution in [2.24, 2.45) is 0 Å². The monoisotopic (exact) mass is 421 g/mol. The van der Waals surface area contributed by atoms with E-state index in [2.05, 4.69) is 131 Å². The van der Waals surface area contributed by atoms with Crippen molar-refractivity contribution >= 4 is 37.6 Å². The molecular formula is C26H21GeN. The number of nitrogens with zero attached hydrogens (tertiary/aromatic N) is 1. The Morgan fingerprint density at radius 2 is 0.857 bits per heavy atom. The quantitative estimate of drug-likeness (QED) is 0.385. The van der Waals surface area contributed by atoms with Crippen molar-refractivity contribution < 1.29 is 0 Å². The molecule has 2 heteroatoms. The molecule has 0 radical (unpaired) electrons. The number of aromatic nitrogens is 1. The molecule has 0 amide bonds. The van der Waals surface area contributed by atoms with Gasteiger partial charge in [-0.2, -0.15) is 0 Å². The molecule has 0 aliphatic rings. The molecule has 134 valence electrons. The van der Waals surface area contributed by atoms with E-state index in [1.54, 1.807) is 0 Å². The predicted molar refractivity (Wildman–Crippen MR) is 121 cm³/mol. The second kappa shape index (κ2) is 7.18.